The van der Waals surface area contributed by atoms with E-state index in [-0.39, 0.29) is 12.4 Å². The van der Waals surface area contributed by atoms with Gasteiger partial charge in [-0.05, 0) is 19.3 Å². The third kappa shape index (κ3) is 35.4. The number of hydrogen-bond donors (Lipinski definition) is 1. The zero-order chi connectivity index (χ0) is 32.2. The van der Waals surface area contributed by atoms with Gasteiger partial charge in [0.1, 0.15) is 6.10 Å². The standard InChI is InChI=1S/C40H78O4/c1-3-5-7-9-11-13-15-17-18-19-20-21-22-24-26-28-30-32-34-36-40(43)44-38(37-39(41)42)35-33-31-29-27-25-23-16-14-12-10-8-6-4-2/h38H,3-37H2,1-2H3,(H,41,42). The van der Waals surface area contributed by atoms with Gasteiger partial charge in [0, 0.05) is 6.42 Å². The first kappa shape index (κ1) is 42.9. The molecule has 4 heteroatoms. The van der Waals surface area contributed by atoms with Crippen LogP contribution in [-0.2, 0) is 14.3 Å². The quantitative estimate of drug-likeness (QED) is 0.0553. The van der Waals surface area contributed by atoms with Crippen molar-refractivity contribution in [2.24, 2.45) is 0 Å². The van der Waals surface area contributed by atoms with E-state index in [1.807, 2.05) is 0 Å². The zero-order valence-corrected chi connectivity index (χ0v) is 30.0. The lowest BCUT2D eigenvalue weighted by atomic mass is 10.0. The largest absolute Gasteiger partial charge is 0.481 e. The highest BCUT2D eigenvalue weighted by molar-refractivity contribution is 5.71. The molecule has 1 unspecified atom stereocenters. The highest BCUT2D eigenvalue weighted by Crippen LogP contribution is 2.18. The van der Waals surface area contributed by atoms with Gasteiger partial charge < -0.3 is 9.84 Å². The van der Waals surface area contributed by atoms with Gasteiger partial charge in [-0.3, -0.25) is 9.59 Å². The predicted molar refractivity (Wildman–Crippen MR) is 190 cm³/mol. The first-order chi connectivity index (χ1) is 21.6. The minimum Gasteiger partial charge on any atom is -0.481 e. The van der Waals surface area contributed by atoms with Gasteiger partial charge in [0.15, 0.2) is 0 Å². The monoisotopic (exact) mass is 623 g/mol. The fourth-order valence-corrected chi connectivity index (χ4v) is 6.38. The molecule has 0 radical (unpaired) electrons. The number of esters is 1. The fraction of sp³-hybridized carbons (Fsp3) is 0.950. The molecule has 0 aliphatic carbocycles. The maximum atomic E-state index is 12.3. The number of carboxylic acid groups (broad SMARTS) is 1. The van der Waals surface area contributed by atoms with Crippen molar-refractivity contribution >= 4 is 11.9 Å². The smallest absolute Gasteiger partial charge is 0.307 e. The molecule has 262 valence electrons. The van der Waals surface area contributed by atoms with Crippen LogP contribution in [0, 0.1) is 0 Å². The molecule has 0 aliphatic rings. The van der Waals surface area contributed by atoms with E-state index in [1.165, 1.54) is 180 Å². The van der Waals surface area contributed by atoms with Crippen LogP contribution in [0.5, 0.6) is 0 Å². The lowest BCUT2D eigenvalue weighted by Crippen LogP contribution is -2.21. The van der Waals surface area contributed by atoms with Crippen LogP contribution in [0.2, 0.25) is 0 Å². The molecule has 0 aromatic rings. The average molecular weight is 623 g/mol. The van der Waals surface area contributed by atoms with Gasteiger partial charge in [0.25, 0.3) is 0 Å². The van der Waals surface area contributed by atoms with E-state index in [0.717, 1.165) is 25.7 Å². The van der Waals surface area contributed by atoms with Crippen LogP contribution < -0.4 is 0 Å². The van der Waals surface area contributed by atoms with Gasteiger partial charge in [0.05, 0.1) is 6.42 Å². The first-order valence-corrected chi connectivity index (χ1v) is 20.0. The van der Waals surface area contributed by atoms with Gasteiger partial charge in [-0.15, -0.1) is 0 Å². The topological polar surface area (TPSA) is 63.6 Å². The maximum absolute atomic E-state index is 12.3. The van der Waals surface area contributed by atoms with E-state index in [0.29, 0.717) is 12.8 Å². The molecule has 0 saturated heterocycles. The average Bonchev–Trinajstić information content (AvgIpc) is 3.00. The Morgan fingerprint density at radius 3 is 1.00 bits per heavy atom. The molecule has 0 bridgehead atoms. The molecule has 44 heavy (non-hydrogen) atoms. The molecule has 0 rings (SSSR count). The summed E-state index contributed by atoms with van der Waals surface area (Å²) in [6, 6.07) is 0. The van der Waals surface area contributed by atoms with E-state index in [9.17, 15) is 14.7 Å². The molecule has 0 heterocycles. The van der Waals surface area contributed by atoms with E-state index in [4.69, 9.17) is 4.74 Å². The second kappa shape index (κ2) is 36.4. The Morgan fingerprint density at radius 2 is 0.705 bits per heavy atom. The molecule has 1 atom stereocenters. The van der Waals surface area contributed by atoms with Crippen LogP contribution in [0.4, 0.5) is 0 Å². The molecule has 0 spiro atoms. The van der Waals surface area contributed by atoms with Crippen molar-refractivity contribution in [2.75, 3.05) is 0 Å². The summed E-state index contributed by atoms with van der Waals surface area (Å²) in [4.78, 5) is 23.6. The third-order valence-corrected chi connectivity index (χ3v) is 9.31. The van der Waals surface area contributed by atoms with Crippen molar-refractivity contribution in [2.45, 2.75) is 245 Å². The summed E-state index contributed by atoms with van der Waals surface area (Å²) in [6.45, 7) is 4.55. The molecular weight excluding hydrogens is 544 g/mol. The molecule has 1 N–H and O–H groups in total. The summed E-state index contributed by atoms with van der Waals surface area (Å²) in [7, 11) is 0. The number of rotatable bonds is 37. The Labute approximate surface area is 275 Å². The maximum Gasteiger partial charge on any atom is 0.307 e. The Bertz CT molecular complexity index is 590. The molecule has 4 nitrogen and oxygen atoms in total. The van der Waals surface area contributed by atoms with E-state index < -0.39 is 12.1 Å². The minimum absolute atomic E-state index is 0.0663. The van der Waals surface area contributed by atoms with Crippen molar-refractivity contribution in [1.29, 1.82) is 0 Å². The van der Waals surface area contributed by atoms with Crippen LogP contribution in [0.15, 0.2) is 0 Å². The third-order valence-electron chi connectivity index (χ3n) is 9.31. The molecule has 0 fully saturated rings. The molecular formula is C40H78O4. The van der Waals surface area contributed by atoms with Gasteiger partial charge in [-0.1, -0.05) is 206 Å². The van der Waals surface area contributed by atoms with Crippen LogP contribution in [0.25, 0.3) is 0 Å². The Morgan fingerprint density at radius 1 is 0.432 bits per heavy atom. The highest BCUT2D eigenvalue weighted by Gasteiger charge is 2.17. The lowest BCUT2D eigenvalue weighted by Gasteiger charge is -2.16. The normalized spacial score (nSPS) is 12.0. The Hall–Kier alpha value is -1.06. The predicted octanol–water partition coefficient (Wildman–Crippen LogP) is 13.7. The minimum atomic E-state index is -0.874. The van der Waals surface area contributed by atoms with E-state index in [2.05, 4.69) is 13.8 Å². The Balaban J connectivity index is 3.56. The summed E-state index contributed by atoms with van der Waals surface area (Å²) in [5, 5.41) is 9.25. The molecule has 0 aliphatic heterocycles. The number of carbonyl (C=O) groups is 2. The zero-order valence-electron chi connectivity index (χ0n) is 30.0. The van der Waals surface area contributed by atoms with Crippen LogP contribution in [0.1, 0.15) is 239 Å². The number of unbranched alkanes of at least 4 members (excludes halogenated alkanes) is 30. The van der Waals surface area contributed by atoms with E-state index in [1.54, 1.807) is 0 Å². The van der Waals surface area contributed by atoms with Crippen LogP contribution in [0.3, 0.4) is 0 Å². The number of ether oxygens (including phenoxy) is 1. The van der Waals surface area contributed by atoms with Crippen molar-refractivity contribution < 1.29 is 19.4 Å². The Kier molecular flexibility index (Phi) is 35.5. The lowest BCUT2D eigenvalue weighted by molar-refractivity contribution is -0.153. The second-order valence-electron chi connectivity index (χ2n) is 13.9. The second-order valence-corrected chi connectivity index (χ2v) is 13.9. The van der Waals surface area contributed by atoms with Crippen molar-refractivity contribution in [3.05, 3.63) is 0 Å². The van der Waals surface area contributed by atoms with Crippen molar-refractivity contribution in [3.8, 4) is 0 Å². The SMILES string of the molecule is CCCCCCCCCCCCCCCCCCCCCC(=O)OC(CCCCCCCCCCCCCCC)CC(=O)O. The van der Waals surface area contributed by atoms with Crippen LogP contribution >= 0.6 is 0 Å². The molecule has 0 saturated carbocycles. The van der Waals surface area contributed by atoms with Crippen molar-refractivity contribution in [1.82, 2.24) is 0 Å². The van der Waals surface area contributed by atoms with Gasteiger partial charge in [-0.25, -0.2) is 0 Å². The summed E-state index contributed by atoms with van der Waals surface area (Å²) in [5.74, 6) is -1.08. The first-order valence-electron chi connectivity index (χ1n) is 20.0. The molecule has 0 amide bonds. The number of hydrogen-bond acceptors (Lipinski definition) is 3. The summed E-state index contributed by atoms with van der Waals surface area (Å²) >= 11 is 0. The van der Waals surface area contributed by atoms with E-state index >= 15 is 0 Å². The highest BCUT2D eigenvalue weighted by atomic mass is 16.5. The number of aliphatic carboxylic acids is 1. The summed E-state index contributed by atoms with van der Waals surface area (Å²) in [6.07, 6.45) is 42.7. The fourth-order valence-electron chi connectivity index (χ4n) is 6.38. The van der Waals surface area contributed by atoms with Crippen LogP contribution in [-0.4, -0.2) is 23.1 Å². The number of carbonyl (C=O) groups excluding carboxylic acids is 1. The summed E-state index contributed by atoms with van der Waals surface area (Å²) in [5.41, 5.74) is 0. The van der Waals surface area contributed by atoms with Gasteiger partial charge in [0.2, 0.25) is 0 Å². The van der Waals surface area contributed by atoms with Gasteiger partial charge >= 0.3 is 11.9 Å². The van der Waals surface area contributed by atoms with Crippen molar-refractivity contribution in [3.63, 3.8) is 0 Å². The van der Waals surface area contributed by atoms with Gasteiger partial charge in [-0.2, -0.15) is 0 Å². The molecule has 0 aromatic heterocycles. The number of carboxylic acids is 1. The summed E-state index contributed by atoms with van der Waals surface area (Å²) < 4.78 is 5.59. The molecule has 0 aromatic carbocycles.